The van der Waals surface area contributed by atoms with E-state index in [9.17, 15) is 4.79 Å². The third kappa shape index (κ3) is 2.37. The van der Waals surface area contributed by atoms with Gasteiger partial charge in [0, 0.05) is 6.42 Å². The Balaban J connectivity index is 1.90. The van der Waals surface area contributed by atoms with Crippen molar-refractivity contribution in [3.63, 3.8) is 0 Å². The quantitative estimate of drug-likeness (QED) is 0.727. The number of thiophene rings is 1. The molecule has 0 saturated carbocycles. The minimum atomic E-state index is 0.203. The van der Waals surface area contributed by atoms with E-state index < -0.39 is 0 Å². The van der Waals surface area contributed by atoms with Crippen LogP contribution in [0.15, 0.2) is 41.8 Å². The van der Waals surface area contributed by atoms with E-state index in [1.54, 1.807) is 18.4 Å². The van der Waals surface area contributed by atoms with Crippen LogP contribution in [0, 0.1) is 0 Å². The lowest BCUT2D eigenvalue weighted by Gasteiger charge is -2.13. The molecule has 0 unspecified atom stereocenters. The standard InChI is InChI=1S/C18H16N2O2S/c1-22-13-9-7-12(8-10-13)20-14-4-2-5-15(21)17(14)18(19-20)16-6-3-11-23-16/h3,6-11H,2,4-5H2,1H3. The second-order valence-corrected chi connectivity index (χ2v) is 6.48. The molecule has 116 valence electrons. The molecule has 0 saturated heterocycles. The number of nitrogens with zero attached hydrogens (tertiary/aromatic N) is 2. The summed E-state index contributed by atoms with van der Waals surface area (Å²) in [7, 11) is 1.65. The molecule has 0 aliphatic heterocycles. The molecule has 0 spiro atoms. The van der Waals surface area contributed by atoms with Crippen molar-refractivity contribution >= 4 is 17.1 Å². The molecule has 0 N–H and O–H groups in total. The first-order chi connectivity index (χ1) is 11.3. The summed E-state index contributed by atoms with van der Waals surface area (Å²) in [5.74, 6) is 1.01. The summed E-state index contributed by atoms with van der Waals surface area (Å²) in [6.07, 6.45) is 2.38. The Morgan fingerprint density at radius 2 is 2.00 bits per heavy atom. The molecule has 2 heterocycles. The molecule has 1 aromatic carbocycles. The molecule has 1 aliphatic carbocycles. The fraction of sp³-hybridized carbons (Fsp3) is 0.222. The highest BCUT2D eigenvalue weighted by Gasteiger charge is 2.28. The zero-order chi connectivity index (χ0) is 15.8. The number of rotatable bonds is 3. The molecule has 0 radical (unpaired) electrons. The van der Waals surface area contributed by atoms with Crippen molar-refractivity contribution < 1.29 is 9.53 Å². The number of Topliss-reactive ketones (excluding diaryl/α,β-unsaturated/α-hetero) is 1. The summed E-state index contributed by atoms with van der Waals surface area (Å²) in [6.45, 7) is 0. The second-order valence-electron chi connectivity index (χ2n) is 5.53. The van der Waals surface area contributed by atoms with Crippen molar-refractivity contribution in [2.24, 2.45) is 0 Å². The predicted octanol–water partition coefficient (Wildman–Crippen LogP) is 4.13. The zero-order valence-corrected chi connectivity index (χ0v) is 13.6. The lowest BCUT2D eigenvalue weighted by atomic mass is 9.94. The first kappa shape index (κ1) is 14.2. The lowest BCUT2D eigenvalue weighted by molar-refractivity contribution is 0.0973. The number of carbonyl (C=O) groups excluding carboxylic acids is 1. The van der Waals surface area contributed by atoms with Gasteiger partial charge in [-0.2, -0.15) is 5.10 Å². The number of aromatic nitrogens is 2. The van der Waals surface area contributed by atoms with Gasteiger partial charge in [0.2, 0.25) is 0 Å². The fourth-order valence-electron chi connectivity index (χ4n) is 3.04. The third-order valence-corrected chi connectivity index (χ3v) is 5.03. The van der Waals surface area contributed by atoms with Crippen molar-refractivity contribution in [1.82, 2.24) is 9.78 Å². The molecule has 0 amide bonds. The van der Waals surface area contributed by atoms with Gasteiger partial charge in [-0.25, -0.2) is 4.68 Å². The molecular weight excluding hydrogens is 308 g/mol. The van der Waals surface area contributed by atoms with Crippen LogP contribution in [0.1, 0.15) is 28.9 Å². The van der Waals surface area contributed by atoms with Crippen LogP contribution in [0.2, 0.25) is 0 Å². The Hall–Kier alpha value is -2.40. The van der Waals surface area contributed by atoms with Crippen LogP contribution in [0.4, 0.5) is 0 Å². The Kier molecular flexibility index (Phi) is 3.50. The van der Waals surface area contributed by atoms with E-state index in [4.69, 9.17) is 9.84 Å². The van der Waals surface area contributed by atoms with Crippen molar-refractivity contribution in [3.05, 3.63) is 53.0 Å². The highest BCUT2D eigenvalue weighted by molar-refractivity contribution is 7.13. The summed E-state index contributed by atoms with van der Waals surface area (Å²) in [5.41, 5.74) is 3.60. The fourth-order valence-corrected chi connectivity index (χ4v) is 3.76. The number of ketones is 1. The molecule has 2 aromatic heterocycles. The summed E-state index contributed by atoms with van der Waals surface area (Å²) in [5, 5.41) is 6.79. The van der Waals surface area contributed by atoms with Gasteiger partial charge < -0.3 is 4.74 Å². The number of methoxy groups -OCH3 is 1. The van der Waals surface area contributed by atoms with Gasteiger partial charge in [-0.15, -0.1) is 11.3 Å². The monoisotopic (exact) mass is 324 g/mol. The molecule has 0 bridgehead atoms. The van der Waals surface area contributed by atoms with Crippen LogP contribution in [0.3, 0.4) is 0 Å². The minimum Gasteiger partial charge on any atom is -0.497 e. The van der Waals surface area contributed by atoms with Crippen LogP contribution in [-0.4, -0.2) is 22.7 Å². The summed E-state index contributed by atoms with van der Waals surface area (Å²) in [4.78, 5) is 13.5. The van der Waals surface area contributed by atoms with Crippen molar-refractivity contribution in [2.45, 2.75) is 19.3 Å². The second kappa shape index (κ2) is 5.66. The van der Waals surface area contributed by atoms with Crippen molar-refractivity contribution in [2.75, 3.05) is 7.11 Å². The van der Waals surface area contributed by atoms with Crippen LogP contribution in [0.5, 0.6) is 5.75 Å². The van der Waals surface area contributed by atoms with Crippen LogP contribution in [-0.2, 0) is 6.42 Å². The van der Waals surface area contributed by atoms with Crippen molar-refractivity contribution in [3.8, 4) is 22.0 Å². The van der Waals surface area contributed by atoms with E-state index in [1.165, 1.54) is 0 Å². The highest BCUT2D eigenvalue weighted by atomic mass is 32.1. The first-order valence-corrected chi connectivity index (χ1v) is 8.49. The number of hydrogen-bond acceptors (Lipinski definition) is 4. The maximum Gasteiger partial charge on any atom is 0.167 e. The van der Waals surface area contributed by atoms with Gasteiger partial charge in [-0.1, -0.05) is 6.07 Å². The molecule has 5 heteroatoms. The van der Waals surface area contributed by atoms with Gasteiger partial charge in [-0.3, -0.25) is 4.79 Å². The summed E-state index contributed by atoms with van der Waals surface area (Å²) >= 11 is 1.62. The summed E-state index contributed by atoms with van der Waals surface area (Å²) < 4.78 is 7.13. The summed E-state index contributed by atoms with van der Waals surface area (Å²) in [6, 6.07) is 11.8. The largest absolute Gasteiger partial charge is 0.497 e. The van der Waals surface area contributed by atoms with Gasteiger partial charge in [0.25, 0.3) is 0 Å². The molecular formula is C18H16N2O2S. The Morgan fingerprint density at radius 1 is 1.17 bits per heavy atom. The normalized spacial score (nSPS) is 13.9. The average molecular weight is 324 g/mol. The number of carbonyl (C=O) groups is 1. The molecule has 0 atom stereocenters. The van der Waals surface area contributed by atoms with E-state index in [-0.39, 0.29) is 5.78 Å². The average Bonchev–Trinajstić information content (AvgIpc) is 3.23. The first-order valence-electron chi connectivity index (χ1n) is 7.61. The number of fused-ring (bicyclic) bond motifs is 1. The van der Waals surface area contributed by atoms with Crippen LogP contribution in [0.25, 0.3) is 16.3 Å². The van der Waals surface area contributed by atoms with E-state index in [1.807, 2.05) is 46.5 Å². The van der Waals surface area contributed by atoms with E-state index in [2.05, 4.69) is 0 Å². The van der Waals surface area contributed by atoms with Crippen LogP contribution >= 0.6 is 11.3 Å². The molecule has 1 aliphatic rings. The smallest absolute Gasteiger partial charge is 0.167 e. The van der Waals surface area contributed by atoms with E-state index >= 15 is 0 Å². The number of benzene rings is 1. The number of ether oxygens (including phenoxy) is 1. The van der Waals surface area contributed by atoms with Gasteiger partial charge in [-0.05, 0) is 48.6 Å². The maximum absolute atomic E-state index is 12.5. The Bertz CT molecular complexity index is 848. The van der Waals surface area contributed by atoms with Gasteiger partial charge in [0.15, 0.2) is 5.78 Å². The molecule has 4 nitrogen and oxygen atoms in total. The van der Waals surface area contributed by atoms with E-state index in [0.29, 0.717) is 6.42 Å². The molecule has 23 heavy (non-hydrogen) atoms. The SMILES string of the molecule is COc1ccc(-n2nc(-c3cccs3)c3c2CCCC3=O)cc1. The number of hydrogen-bond donors (Lipinski definition) is 0. The maximum atomic E-state index is 12.5. The molecule has 0 fully saturated rings. The molecule has 3 aromatic rings. The van der Waals surface area contributed by atoms with Gasteiger partial charge >= 0.3 is 0 Å². The van der Waals surface area contributed by atoms with Crippen molar-refractivity contribution in [1.29, 1.82) is 0 Å². The minimum absolute atomic E-state index is 0.203. The van der Waals surface area contributed by atoms with E-state index in [0.717, 1.165) is 46.1 Å². The molecule has 4 rings (SSSR count). The third-order valence-electron chi connectivity index (χ3n) is 4.15. The van der Waals surface area contributed by atoms with Crippen LogP contribution < -0.4 is 4.74 Å². The lowest BCUT2D eigenvalue weighted by Crippen LogP contribution is -2.13. The van der Waals surface area contributed by atoms with Gasteiger partial charge in [0.05, 0.1) is 28.9 Å². The van der Waals surface area contributed by atoms with Gasteiger partial charge in [0.1, 0.15) is 11.4 Å². The predicted molar refractivity (Wildman–Crippen MR) is 90.7 cm³/mol. The Labute approximate surface area is 138 Å². The zero-order valence-electron chi connectivity index (χ0n) is 12.8. The topological polar surface area (TPSA) is 44.1 Å². The highest BCUT2D eigenvalue weighted by Crippen LogP contribution is 2.35. The Morgan fingerprint density at radius 3 is 2.70 bits per heavy atom.